The summed E-state index contributed by atoms with van der Waals surface area (Å²) >= 11 is 6.87. The average molecular weight is 195 g/mol. The Bertz CT molecular complexity index is 322. The molecule has 12 heavy (non-hydrogen) atoms. The first-order valence-corrected chi connectivity index (χ1v) is 5.01. The Morgan fingerprint density at radius 2 is 2.17 bits per heavy atom. The number of hydrogen-bond donors (Lipinski definition) is 0. The predicted octanol–water partition coefficient (Wildman–Crippen LogP) is 2.51. The number of nitrogens with zero attached hydrogens (tertiary/aromatic N) is 1. The topological polar surface area (TPSA) is 3.24 Å². The first kappa shape index (κ1) is 8.08. The van der Waals surface area contributed by atoms with E-state index >= 15 is 0 Å². The van der Waals surface area contributed by atoms with Crippen LogP contribution in [0.1, 0.15) is 5.56 Å². The molecular weight excluding hydrogens is 186 g/mol. The molecule has 0 fully saturated rings. The Hall–Kier alpha value is -0.540. The summed E-state index contributed by atoms with van der Waals surface area (Å²) in [4.78, 5) is 3.41. The SMILES string of the molecule is CN1Cc2ccccc2SC1=S. The minimum absolute atomic E-state index is 0.946. The van der Waals surface area contributed by atoms with Crippen molar-refractivity contribution in [3.8, 4) is 0 Å². The second-order valence-corrected chi connectivity index (χ2v) is 4.51. The molecule has 0 bridgehead atoms. The van der Waals surface area contributed by atoms with E-state index in [1.165, 1.54) is 10.5 Å². The van der Waals surface area contributed by atoms with Gasteiger partial charge >= 0.3 is 0 Å². The fourth-order valence-electron chi connectivity index (χ4n) is 1.23. The normalized spacial score (nSPS) is 16.1. The highest BCUT2D eigenvalue weighted by molar-refractivity contribution is 8.23. The third-order valence-corrected chi connectivity index (χ3v) is 3.56. The van der Waals surface area contributed by atoms with Crippen LogP contribution in [-0.4, -0.2) is 16.3 Å². The molecule has 0 aromatic heterocycles. The lowest BCUT2D eigenvalue weighted by Crippen LogP contribution is -2.25. The van der Waals surface area contributed by atoms with Crippen molar-refractivity contribution in [3.05, 3.63) is 29.8 Å². The van der Waals surface area contributed by atoms with Gasteiger partial charge < -0.3 is 4.90 Å². The van der Waals surface area contributed by atoms with Gasteiger partial charge in [-0.15, -0.1) is 0 Å². The lowest BCUT2D eigenvalue weighted by Gasteiger charge is -2.26. The van der Waals surface area contributed by atoms with E-state index in [0.29, 0.717) is 0 Å². The maximum absolute atomic E-state index is 5.19. The fraction of sp³-hybridized carbons (Fsp3) is 0.222. The van der Waals surface area contributed by atoms with Crippen molar-refractivity contribution in [1.82, 2.24) is 4.90 Å². The zero-order valence-corrected chi connectivity index (χ0v) is 8.41. The molecule has 0 amide bonds. The average Bonchev–Trinajstić information content (AvgIpc) is 2.07. The third kappa shape index (κ3) is 1.34. The van der Waals surface area contributed by atoms with Gasteiger partial charge in [0, 0.05) is 18.5 Å². The highest BCUT2D eigenvalue weighted by atomic mass is 32.2. The summed E-state index contributed by atoms with van der Waals surface area (Å²) in [6.45, 7) is 0.946. The van der Waals surface area contributed by atoms with Crippen LogP contribution >= 0.6 is 24.0 Å². The maximum atomic E-state index is 5.19. The summed E-state index contributed by atoms with van der Waals surface area (Å²) in [5.74, 6) is 0. The highest BCUT2D eigenvalue weighted by Crippen LogP contribution is 2.30. The van der Waals surface area contributed by atoms with Crippen molar-refractivity contribution < 1.29 is 0 Å². The van der Waals surface area contributed by atoms with Gasteiger partial charge in [-0.25, -0.2) is 0 Å². The molecule has 2 rings (SSSR count). The van der Waals surface area contributed by atoms with E-state index in [9.17, 15) is 0 Å². The molecule has 0 unspecified atom stereocenters. The van der Waals surface area contributed by atoms with E-state index in [1.54, 1.807) is 11.8 Å². The third-order valence-electron chi connectivity index (χ3n) is 1.89. The van der Waals surface area contributed by atoms with Crippen LogP contribution < -0.4 is 0 Å². The maximum Gasteiger partial charge on any atom is 0.141 e. The molecule has 1 nitrogen and oxygen atoms in total. The fourth-order valence-corrected chi connectivity index (χ4v) is 2.38. The number of fused-ring (bicyclic) bond motifs is 1. The number of hydrogen-bond acceptors (Lipinski definition) is 2. The molecule has 62 valence electrons. The van der Waals surface area contributed by atoms with Gasteiger partial charge in [-0.1, -0.05) is 42.2 Å². The zero-order chi connectivity index (χ0) is 8.55. The van der Waals surface area contributed by atoms with Crippen LogP contribution in [-0.2, 0) is 6.54 Å². The second kappa shape index (κ2) is 3.07. The van der Waals surface area contributed by atoms with Crippen LogP contribution in [0.4, 0.5) is 0 Å². The Morgan fingerprint density at radius 1 is 1.42 bits per heavy atom. The number of rotatable bonds is 0. The molecule has 0 aliphatic carbocycles. The molecule has 1 aromatic carbocycles. The smallest absolute Gasteiger partial charge is 0.141 e. The van der Waals surface area contributed by atoms with Gasteiger partial charge in [0.05, 0.1) is 0 Å². The van der Waals surface area contributed by atoms with E-state index in [-0.39, 0.29) is 0 Å². The van der Waals surface area contributed by atoms with Crippen LogP contribution in [0.3, 0.4) is 0 Å². The van der Waals surface area contributed by atoms with E-state index in [1.807, 2.05) is 7.05 Å². The Morgan fingerprint density at radius 3 is 3.00 bits per heavy atom. The van der Waals surface area contributed by atoms with Crippen LogP contribution in [0.25, 0.3) is 0 Å². The van der Waals surface area contributed by atoms with Crippen molar-refractivity contribution >= 4 is 28.3 Å². The van der Waals surface area contributed by atoms with Crippen LogP contribution in [0.2, 0.25) is 0 Å². The Kier molecular flexibility index (Phi) is 2.07. The van der Waals surface area contributed by atoms with Gasteiger partial charge in [0.2, 0.25) is 0 Å². The van der Waals surface area contributed by atoms with Gasteiger partial charge in [-0.2, -0.15) is 0 Å². The summed E-state index contributed by atoms with van der Waals surface area (Å²) < 4.78 is 0.966. The van der Waals surface area contributed by atoms with Gasteiger partial charge in [-0.3, -0.25) is 0 Å². The molecule has 0 saturated heterocycles. The number of benzene rings is 1. The number of thioether (sulfide) groups is 1. The molecule has 0 spiro atoms. The minimum atomic E-state index is 0.946. The lowest BCUT2D eigenvalue weighted by atomic mass is 10.2. The summed E-state index contributed by atoms with van der Waals surface area (Å²) in [5.41, 5.74) is 1.37. The molecule has 0 N–H and O–H groups in total. The van der Waals surface area contributed by atoms with Crippen molar-refractivity contribution in [1.29, 1.82) is 0 Å². The molecule has 0 radical (unpaired) electrons. The van der Waals surface area contributed by atoms with Crippen molar-refractivity contribution in [2.75, 3.05) is 7.05 Å². The van der Waals surface area contributed by atoms with Crippen LogP contribution in [0.15, 0.2) is 29.2 Å². The summed E-state index contributed by atoms with van der Waals surface area (Å²) in [5, 5.41) is 0. The molecule has 0 atom stereocenters. The van der Waals surface area contributed by atoms with Gasteiger partial charge in [0.1, 0.15) is 4.32 Å². The van der Waals surface area contributed by atoms with Crippen LogP contribution in [0.5, 0.6) is 0 Å². The highest BCUT2D eigenvalue weighted by Gasteiger charge is 2.16. The molecule has 0 saturated carbocycles. The van der Waals surface area contributed by atoms with Crippen LogP contribution in [0, 0.1) is 0 Å². The summed E-state index contributed by atoms with van der Waals surface area (Å²) in [6, 6.07) is 8.40. The molecular formula is C9H9NS2. The Balaban J connectivity index is 2.40. The second-order valence-electron chi connectivity index (χ2n) is 2.83. The summed E-state index contributed by atoms with van der Waals surface area (Å²) in [6.07, 6.45) is 0. The predicted molar refractivity (Wildman–Crippen MR) is 56.4 cm³/mol. The molecule has 1 aliphatic heterocycles. The van der Waals surface area contributed by atoms with Gasteiger partial charge in [-0.05, 0) is 11.6 Å². The summed E-state index contributed by atoms with van der Waals surface area (Å²) in [7, 11) is 2.03. The zero-order valence-electron chi connectivity index (χ0n) is 6.78. The largest absolute Gasteiger partial charge is 0.356 e. The quantitative estimate of drug-likeness (QED) is 0.586. The minimum Gasteiger partial charge on any atom is -0.356 e. The molecule has 1 aliphatic rings. The Labute approximate surface area is 81.8 Å². The number of thiocarbonyl (C=S) groups is 1. The van der Waals surface area contributed by atoms with E-state index in [4.69, 9.17) is 12.2 Å². The standard InChI is InChI=1S/C9H9NS2/c1-10-6-7-4-2-3-5-8(7)12-9(10)11/h2-5H,6H2,1H3. The first-order valence-electron chi connectivity index (χ1n) is 3.78. The van der Waals surface area contributed by atoms with E-state index < -0.39 is 0 Å². The van der Waals surface area contributed by atoms with E-state index in [0.717, 1.165) is 10.9 Å². The molecule has 1 heterocycles. The van der Waals surface area contributed by atoms with Crippen molar-refractivity contribution in [2.45, 2.75) is 11.4 Å². The van der Waals surface area contributed by atoms with E-state index in [2.05, 4.69) is 29.2 Å². The molecule has 1 aromatic rings. The monoisotopic (exact) mass is 195 g/mol. The van der Waals surface area contributed by atoms with Gasteiger partial charge in [0.25, 0.3) is 0 Å². The van der Waals surface area contributed by atoms with Crippen molar-refractivity contribution in [2.24, 2.45) is 0 Å². The first-order chi connectivity index (χ1) is 5.77. The van der Waals surface area contributed by atoms with Gasteiger partial charge in [0.15, 0.2) is 0 Å². The lowest BCUT2D eigenvalue weighted by molar-refractivity contribution is 0.509. The molecule has 3 heteroatoms. The van der Waals surface area contributed by atoms with Crippen molar-refractivity contribution in [3.63, 3.8) is 0 Å².